The van der Waals surface area contributed by atoms with Gasteiger partial charge in [0.15, 0.2) is 0 Å². The third-order valence-electron chi connectivity index (χ3n) is 8.45. The van der Waals surface area contributed by atoms with Crippen LogP contribution in [0.25, 0.3) is 42.1 Å². The fraction of sp³-hybridized carbons (Fsp3) is 0.0811. The zero-order chi connectivity index (χ0) is 26.1. The number of fused-ring (bicyclic) bond motifs is 8. The van der Waals surface area contributed by atoms with Crippen LogP contribution in [0, 0.1) is 0 Å². The first kappa shape index (κ1) is 22.6. The Hall–Kier alpha value is -4.40. The monoisotopic (exact) mass is 517 g/mol. The van der Waals surface area contributed by atoms with E-state index < -0.39 is 0 Å². The SMILES string of the molecule is CC1(C)c2cc(N(c3ccccc3)c3cccc4ccccc34)ccc2-c2c1ccc1c2sc2ccccc21. The molecule has 0 radical (unpaired) electrons. The quantitative estimate of drug-likeness (QED) is 0.225. The Balaban J connectivity index is 1.38. The number of para-hydroxylation sites is 1. The topological polar surface area (TPSA) is 3.24 Å². The van der Waals surface area contributed by atoms with Crippen molar-refractivity contribution in [3.63, 3.8) is 0 Å². The van der Waals surface area contributed by atoms with Gasteiger partial charge < -0.3 is 4.90 Å². The number of benzene rings is 6. The van der Waals surface area contributed by atoms with Gasteiger partial charge in [0.1, 0.15) is 0 Å². The summed E-state index contributed by atoms with van der Waals surface area (Å²) in [6.45, 7) is 4.76. The highest BCUT2D eigenvalue weighted by molar-refractivity contribution is 7.26. The van der Waals surface area contributed by atoms with Gasteiger partial charge in [-0.05, 0) is 58.5 Å². The van der Waals surface area contributed by atoms with Gasteiger partial charge in [-0.1, -0.05) is 105 Å². The summed E-state index contributed by atoms with van der Waals surface area (Å²) in [6.07, 6.45) is 0. The van der Waals surface area contributed by atoms with Crippen molar-refractivity contribution >= 4 is 59.3 Å². The lowest BCUT2D eigenvalue weighted by molar-refractivity contribution is 0.661. The number of nitrogens with zero attached hydrogens (tertiary/aromatic N) is 1. The van der Waals surface area contributed by atoms with E-state index >= 15 is 0 Å². The summed E-state index contributed by atoms with van der Waals surface area (Å²) in [4.78, 5) is 2.41. The second-order valence-corrected chi connectivity index (χ2v) is 12.0. The molecule has 0 atom stereocenters. The van der Waals surface area contributed by atoms with Gasteiger partial charge in [-0.2, -0.15) is 0 Å². The molecule has 0 saturated carbocycles. The zero-order valence-corrected chi connectivity index (χ0v) is 22.8. The van der Waals surface area contributed by atoms with Crippen LogP contribution in [0.3, 0.4) is 0 Å². The van der Waals surface area contributed by atoms with Gasteiger partial charge in [-0.25, -0.2) is 0 Å². The van der Waals surface area contributed by atoms with Crippen molar-refractivity contribution < 1.29 is 0 Å². The molecule has 186 valence electrons. The Morgan fingerprint density at radius 2 is 1.31 bits per heavy atom. The largest absolute Gasteiger partial charge is 0.310 e. The van der Waals surface area contributed by atoms with Gasteiger partial charge >= 0.3 is 0 Å². The molecule has 0 unspecified atom stereocenters. The van der Waals surface area contributed by atoms with E-state index in [4.69, 9.17) is 0 Å². The fourth-order valence-corrected chi connectivity index (χ4v) is 7.80. The minimum atomic E-state index is -0.0911. The molecule has 7 aromatic rings. The van der Waals surface area contributed by atoms with Crippen LogP contribution in [0.1, 0.15) is 25.0 Å². The van der Waals surface area contributed by atoms with Crippen molar-refractivity contribution in [3.05, 3.63) is 139 Å². The molecule has 0 N–H and O–H groups in total. The Morgan fingerprint density at radius 1 is 0.564 bits per heavy atom. The van der Waals surface area contributed by atoms with E-state index in [0.717, 1.165) is 5.69 Å². The lowest BCUT2D eigenvalue weighted by atomic mass is 9.82. The van der Waals surface area contributed by atoms with E-state index in [1.807, 2.05) is 11.3 Å². The van der Waals surface area contributed by atoms with Crippen LogP contribution in [0.15, 0.2) is 127 Å². The maximum Gasteiger partial charge on any atom is 0.0540 e. The maximum atomic E-state index is 2.43. The molecular weight excluding hydrogens is 490 g/mol. The molecule has 0 aliphatic heterocycles. The van der Waals surface area contributed by atoms with Crippen LogP contribution in [0.4, 0.5) is 17.1 Å². The summed E-state index contributed by atoms with van der Waals surface area (Å²) in [7, 11) is 0. The second kappa shape index (κ2) is 8.30. The molecule has 0 spiro atoms. The zero-order valence-electron chi connectivity index (χ0n) is 22.0. The number of hydrogen-bond donors (Lipinski definition) is 0. The van der Waals surface area contributed by atoms with Crippen LogP contribution in [0.5, 0.6) is 0 Å². The van der Waals surface area contributed by atoms with Crippen LogP contribution >= 0.6 is 11.3 Å². The predicted octanol–water partition coefficient (Wildman–Crippen LogP) is 11.0. The summed E-state index contributed by atoms with van der Waals surface area (Å²) >= 11 is 1.93. The third-order valence-corrected chi connectivity index (χ3v) is 9.65. The van der Waals surface area contributed by atoms with Crippen molar-refractivity contribution in [1.82, 2.24) is 0 Å². The van der Waals surface area contributed by atoms with E-state index in [2.05, 4.69) is 146 Å². The molecule has 0 fully saturated rings. The van der Waals surface area contributed by atoms with Gasteiger partial charge in [0, 0.05) is 47.9 Å². The summed E-state index contributed by atoms with van der Waals surface area (Å²) < 4.78 is 2.76. The van der Waals surface area contributed by atoms with Gasteiger partial charge in [0.25, 0.3) is 0 Å². The standard InChI is InChI=1S/C37H27NS/c1-37(2)31-22-21-29-28-16-8-9-18-34(28)39-36(29)35(31)30-20-19-26(23-32(30)37)38(25-13-4-3-5-14-25)33-17-10-12-24-11-6-7-15-27(24)33/h3-23H,1-2H3. The lowest BCUT2D eigenvalue weighted by Gasteiger charge is -2.29. The van der Waals surface area contributed by atoms with E-state index in [-0.39, 0.29) is 5.41 Å². The molecule has 39 heavy (non-hydrogen) atoms. The highest BCUT2D eigenvalue weighted by Gasteiger charge is 2.37. The first-order valence-corrected chi connectivity index (χ1v) is 14.4. The third kappa shape index (κ3) is 3.25. The molecule has 1 nitrogen and oxygen atoms in total. The highest BCUT2D eigenvalue weighted by Crippen LogP contribution is 2.55. The van der Waals surface area contributed by atoms with Gasteiger partial charge in [-0.15, -0.1) is 11.3 Å². The van der Waals surface area contributed by atoms with Crippen LogP contribution < -0.4 is 4.90 Å². The van der Waals surface area contributed by atoms with Gasteiger partial charge in [-0.3, -0.25) is 0 Å². The van der Waals surface area contributed by atoms with E-state index in [1.165, 1.54) is 64.6 Å². The normalized spacial score (nSPS) is 13.6. The highest BCUT2D eigenvalue weighted by atomic mass is 32.1. The van der Waals surface area contributed by atoms with Crippen molar-refractivity contribution in [1.29, 1.82) is 0 Å². The predicted molar refractivity (Wildman–Crippen MR) is 169 cm³/mol. The molecule has 1 heterocycles. The second-order valence-electron chi connectivity index (χ2n) is 11.0. The average molecular weight is 518 g/mol. The minimum Gasteiger partial charge on any atom is -0.310 e. The molecule has 8 rings (SSSR count). The molecule has 0 bridgehead atoms. The molecule has 1 aliphatic rings. The average Bonchev–Trinajstić information content (AvgIpc) is 3.46. The van der Waals surface area contributed by atoms with Crippen molar-refractivity contribution in [2.75, 3.05) is 4.90 Å². The maximum absolute atomic E-state index is 2.43. The number of anilines is 3. The molecule has 0 amide bonds. The molecule has 1 aromatic heterocycles. The van der Waals surface area contributed by atoms with E-state index in [9.17, 15) is 0 Å². The number of hydrogen-bond acceptors (Lipinski definition) is 2. The van der Waals surface area contributed by atoms with Crippen LogP contribution in [0.2, 0.25) is 0 Å². The molecule has 1 aliphatic carbocycles. The fourth-order valence-electron chi connectivity index (χ4n) is 6.54. The molecule has 6 aromatic carbocycles. The molecule has 2 heteroatoms. The summed E-state index contributed by atoms with van der Waals surface area (Å²) in [5.74, 6) is 0. The molecular formula is C37H27NS. The van der Waals surface area contributed by atoms with Gasteiger partial charge in [0.05, 0.1) is 5.69 Å². The lowest BCUT2D eigenvalue weighted by Crippen LogP contribution is -2.16. The first-order chi connectivity index (χ1) is 19.1. The van der Waals surface area contributed by atoms with Crippen LogP contribution in [-0.2, 0) is 5.41 Å². The van der Waals surface area contributed by atoms with Crippen molar-refractivity contribution in [3.8, 4) is 11.1 Å². The number of thiophene rings is 1. The Morgan fingerprint density at radius 3 is 2.18 bits per heavy atom. The first-order valence-electron chi connectivity index (χ1n) is 13.5. The Labute approximate surface area is 232 Å². The van der Waals surface area contributed by atoms with Crippen molar-refractivity contribution in [2.45, 2.75) is 19.3 Å². The van der Waals surface area contributed by atoms with Crippen molar-refractivity contribution in [2.24, 2.45) is 0 Å². The van der Waals surface area contributed by atoms with E-state index in [0.29, 0.717) is 0 Å². The number of rotatable bonds is 3. The summed E-state index contributed by atoms with van der Waals surface area (Å²) in [5, 5.41) is 5.22. The van der Waals surface area contributed by atoms with Crippen LogP contribution in [-0.4, -0.2) is 0 Å². The van der Waals surface area contributed by atoms with E-state index in [1.54, 1.807) is 0 Å². The summed E-state index contributed by atoms with van der Waals surface area (Å²) in [6, 6.07) is 46.6. The minimum absolute atomic E-state index is 0.0911. The summed E-state index contributed by atoms with van der Waals surface area (Å²) in [5.41, 5.74) is 9.04. The van der Waals surface area contributed by atoms with Gasteiger partial charge in [0.2, 0.25) is 0 Å². The molecule has 0 saturated heterocycles. The Bertz CT molecular complexity index is 2040. The Kier molecular flexibility index (Phi) is 4.80. The smallest absolute Gasteiger partial charge is 0.0540 e.